The third-order valence-electron chi connectivity index (χ3n) is 4.01. The van der Waals surface area contributed by atoms with Gasteiger partial charge in [-0.05, 0) is 42.9 Å². The van der Waals surface area contributed by atoms with Gasteiger partial charge >= 0.3 is 5.97 Å². The first kappa shape index (κ1) is 12.1. The van der Waals surface area contributed by atoms with Gasteiger partial charge in [-0.25, -0.2) is 9.48 Å². The third kappa shape index (κ3) is 2.09. The van der Waals surface area contributed by atoms with E-state index in [-0.39, 0.29) is 5.56 Å². The van der Waals surface area contributed by atoms with Crippen molar-refractivity contribution in [3.05, 3.63) is 23.8 Å². The number of fused-ring (bicyclic) bond motifs is 1. The van der Waals surface area contributed by atoms with E-state index in [9.17, 15) is 4.79 Å². The van der Waals surface area contributed by atoms with Crippen LogP contribution in [0.2, 0.25) is 0 Å². The fraction of sp³-hybridized carbons (Fsp3) is 0.500. The van der Waals surface area contributed by atoms with E-state index in [0.29, 0.717) is 17.0 Å². The summed E-state index contributed by atoms with van der Waals surface area (Å²) in [5.41, 5.74) is 2.19. The number of hydrogen-bond acceptors (Lipinski definition) is 3. The van der Waals surface area contributed by atoms with Crippen molar-refractivity contribution >= 4 is 17.0 Å². The van der Waals surface area contributed by atoms with Crippen molar-refractivity contribution in [3.63, 3.8) is 0 Å². The van der Waals surface area contributed by atoms with Crippen LogP contribution in [0.4, 0.5) is 0 Å². The summed E-state index contributed by atoms with van der Waals surface area (Å²) in [6.07, 6.45) is 3.38. The van der Waals surface area contributed by atoms with Gasteiger partial charge in [0.1, 0.15) is 5.52 Å². The minimum atomic E-state index is -0.932. The lowest BCUT2D eigenvalue weighted by molar-refractivity contribution is 0.0697. The van der Waals surface area contributed by atoms with Gasteiger partial charge in [-0.15, -0.1) is 5.10 Å². The number of hydrogen-bond donors (Lipinski definition) is 1. The minimum Gasteiger partial charge on any atom is -0.478 e. The number of aromatic nitrogens is 3. The predicted molar refractivity (Wildman–Crippen MR) is 71.2 cm³/mol. The molecule has 0 saturated heterocycles. The molecule has 1 aromatic carbocycles. The molecule has 1 aromatic heterocycles. The number of nitrogens with zero attached hydrogens (tertiary/aromatic N) is 3. The maximum Gasteiger partial charge on any atom is 0.335 e. The topological polar surface area (TPSA) is 68.0 Å². The Morgan fingerprint density at radius 3 is 2.89 bits per heavy atom. The third-order valence-corrected chi connectivity index (χ3v) is 4.01. The number of aromatic carboxylic acids is 1. The number of rotatable bonds is 2. The van der Waals surface area contributed by atoms with Gasteiger partial charge in [-0.2, -0.15) is 0 Å². The van der Waals surface area contributed by atoms with Crippen LogP contribution < -0.4 is 0 Å². The summed E-state index contributed by atoms with van der Waals surface area (Å²) >= 11 is 0. The standard InChI is InChI=1S/C14H17N3O2/c1-14(2)6-5-10(8-14)17-12-4-3-9(13(18)19)7-11(12)15-16-17/h3-4,7,10H,5-6,8H2,1-2H3,(H,18,19). The van der Waals surface area contributed by atoms with Gasteiger partial charge in [0.05, 0.1) is 17.1 Å². The summed E-state index contributed by atoms with van der Waals surface area (Å²) in [4.78, 5) is 10.9. The van der Waals surface area contributed by atoms with Crippen molar-refractivity contribution in [2.45, 2.75) is 39.2 Å². The van der Waals surface area contributed by atoms with Crippen molar-refractivity contribution in [2.24, 2.45) is 5.41 Å². The van der Waals surface area contributed by atoms with Crippen LogP contribution in [0.3, 0.4) is 0 Å². The number of carboxylic acids is 1. The van der Waals surface area contributed by atoms with Gasteiger partial charge in [-0.3, -0.25) is 0 Å². The lowest BCUT2D eigenvalue weighted by atomic mass is 9.92. The van der Waals surface area contributed by atoms with Gasteiger partial charge < -0.3 is 5.11 Å². The van der Waals surface area contributed by atoms with Gasteiger partial charge in [-0.1, -0.05) is 19.1 Å². The molecular formula is C14H17N3O2. The van der Waals surface area contributed by atoms with Crippen LogP contribution in [0.15, 0.2) is 18.2 Å². The number of carboxylic acid groups (broad SMARTS) is 1. The normalized spacial score (nSPS) is 21.9. The Kier molecular flexibility index (Phi) is 2.59. The molecule has 1 aliphatic rings. The lowest BCUT2D eigenvalue weighted by Gasteiger charge is -2.17. The summed E-state index contributed by atoms with van der Waals surface area (Å²) < 4.78 is 1.95. The Balaban J connectivity index is 2.00. The summed E-state index contributed by atoms with van der Waals surface area (Å²) in [6.45, 7) is 4.54. The number of carbonyl (C=O) groups is 1. The van der Waals surface area contributed by atoms with Crippen LogP contribution in [-0.2, 0) is 0 Å². The van der Waals surface area contributed by atoms with E-state index in [1.54, 1.807) is 12.1 Å². The molecule has 0 spiro atoms. The van der Waals surface area contributed by atoms with E-state index in [1.165, 1.54) is 6.42 Å². The Morgan fingerprint density at radius 1 is 1.47 bits per heavy atom. The Bertz CT molecular complexity index is 645. The molecule has 0 amide bonds. The van der Waals surface area contributed by atoms with Crippen LogP contribution in [0.5, 0.6) is 0 Å². The maximum absolute atomic E-state index is 10.9. The minimum absolute atomic E-state index is 0.256. The van der Waals surface area contributed by atoms with Crippen LogP contribution in [0.1, 0.15) is 49.5 Å². The molecule has 1 atom stereocenters. The molecule has 5 heteroatoms. The quantitative estimate of drug-likeness (QED) is 0.900. The lowest BCUT2D eigenvalue weighted by Crippen LogP contribution is -2.10. The Morgan fingerprint density at radius 2 is 2.26 bits per heavy atom. The van der Waals surface area contributed by atoms with Crippen molar-refractivity contribution in [2.75, 3.05) is 0 Å². The van der Waals surface area contributed by atoms with Gasteiger partial charge in [0, 0.05) is 0 Å². The molecule has 1 unspecified atom stereocenters. The first-order chi connectivity index (χ1) is 8.96. The summed E-state index contributed by atoms with van der Waals surface area (Å²) in [5.74, 6) is -0.932. The van der Waals surface area contributed by atoms with Crippen LogP contribution >= 0.6 is 0 Å². The molecule has 0 bridgehead atoms. The molecule has 2 aromatic rings. The number of benzene rings is 1. The fourth-order valence-electron chi connectivity index (χ4n) is 2.95. The van der Waals surface area contributed by atoms with Gasteiger partial charge in [0.15, 0.2) is 0 Å². The van der Waals surface area contributed by atoms with Gasteiger partial charge in [0.25, 0.3) is 0 Å². The average molecular weight is 259 g/mol. The monoisotopic (exact) mass is 259 g/mol. The smallest absolute Gasteiger partial charge is 0.335 e. The summed E-state index contributed by atoms with van der Waals surface area (Å²) in [6, 6.07) is 5.38. The summed E-state index contributed by atoms with van der Waals surface area (Å²) in [7, 11) is 0. The highest BCUT2D eigenvalue weighted by Crippen LogP contribution is 2.43. The molecule has 0 radical (unpaired) electrons. The second-order valence-corrected chi connectivity index (χ2v) is 6.10. The van der Waals surface area contributed by atoms with Crippen LogP contribution in [0, 0.1) is 5.41 Å². The fourth-order valence-corrected chi connectivity index (χ4v) is 2.95. The van der Waals surface area contributed by atoms with Crippen LogP contribution in [-0.4, -0.2) is 26.1 Å². The predicted octanol–water partition coefficient (Wildman–Crippen LogP) is 2.88. The van der Waals surface area contributed by atoms with E-state index in [0.717, 1.165) is 18.4 Å². The molecule has 1 fully saturated rings. The highest BCUT2D eigenvalue weighted by Gasteiger charge is 2.33. The average Bonchev–Trinajstić information content (AvgIpc) is 2.91. The molecular weight excluding hydrogens is 242 g/mol. The second-order valence-electron chi connectivity index (χ2n) is 6.10. The molecule has 0 aliphatic heterocycles. The first-order valence-corrected chi connectivity index (χ1v) is 6.54. The SMILES string of the molecule is CC1(C)CCC(n2nnc3cc(C(=O)O)ccc32)C1. The highest BCUT2D eigenvalue weighted by atomic mass is 16.4. The van der Waals surface area contributed by atoms with Gasteiger partial charge in [0.2, 0.25) is 0 Å². The second kappa shape index (κ2) is 4.05. The first-order valence-electron chi connectivity index (χ1n) is 6.54. The Labute approximate surface area is 111 Å². The molecule has 100 valence electrons. The van der Waals surface area contributed by atoms with E-state index in [2.05, 4.69) is 24.2 Å². The largest absolute Gasteiger partial charge is 0.478 e. The van der Waals surface area contributed by atoms with Crippen molar-refractivity contribution < 1.29 is 9.90 Å². The van der Waals surface area contributed by atoms with Crippen molar-refractivity contribution in [3.8, 4) is 0 Å². The summed E-state index contributed by atoms with van der Waals surface area (Å²) in [5, 5.41) is 17.3. The maximum atomic E-state index is 10.9. The molecule has 1 saturated carbocycles. The molecule has 1 heterocycles. The van der Waals surface area contributed by atoms with E-state index in [4.69, 9.17) is 5.11 Å². The molecule has 1 N–H and O–H groups in total. The Hall–Kier alpha value is -1.91. The van der Waals surface area contributed by atoms with E-state index in [1.807, 2.05) is 10.7 Å². The zero-order valence-electron chi connectivity index (χ0n) is 11.1. The van der Waals surface area contributed by atoms with E-state index >= 15 is 0 Å². The highest BCUT2D eigenvalue weighted by molar-refractivity contribution is 5.92. The van der Waals surface area contributed by atoms with Crippen molar-refractivity contribution in [1.82, 2.24) is 15.0 Å². The molecule has 5 nitrogen and oxygen atoms in total. The van der Waals surface area contributed by atoms with E-state index < -0.39 is 5.97 Å². The zero-order chi connectivity index (χ0) is 13.6. The molecule has 1 aliphatic carbocycles. The molecule has 3 rings (SSSR count). The zero-order valence-corrected chi connectivity index (χ0v) is 11.1. The van der Waals surface area contributed by atoms with Crippen molar-refractivity contribution in [1.29, 1.82) is 0 Å². The van der Waals surface area contributed by atoms with Crippen LogP contribution in [0.25, 0.3) is 11.0 Å². The molecule has 19 heavy (non-hydrogen) atoms.